The molecule has 0 atom stereocenters. The average molecular weight is 439 g/mol. The molecule has 0 spiro atoms. The first-order chi connectivity index (χ1) is 15.1. The molecule has 1 amide bonds. The number of aryl methyl sites for hydroxylation is 2. The Hall–Kier alpha value is -3.00. The van der Waals surface area contributed by atoms with Gasteiger partial charge in [0.25, 0.3) is 0 Å². The van der Waals surface area contributed by atoms with E-state index in [2.05, 4.69) is 10.1 Å². The molecule has 8 heteroatoms. The number of aromatic nitrogens is 3. The topological polar surface area (TPSA) is 77.3 Å². The van der Waals surface area contributed by atoms with E-state index in [1.54, 1.807) is 18.3 Å². The van der Waals surface area contributed by atoms with Gasteiger partial charge in [-0.1, -0.05) is 30.3 Å². The monoisotopic (exact) mass is 438 g/mol. The van der Waals surface area contributed by atoms with Crippen LogP contribution in [0, 0.1) is 6.92 Å². The normalized spacial score (nSPS) is 13.2. The summed E-state index contributed by atoms with van der Waals surface area (Å²) >= 11 is 1.59. The maximum atomic E-state index is 12.9. The number of carbonyl (C=O) groups excluding carboxylic acids is 2. The molecule has 3 aromatic rings. The first kappa shape index (κ1) is 21.2. The molecule has 3 heterocycles. The molecule has 162 valence electrons. The lowest BCUT2D eigenvalue weighted by Crippen LogP contribution is -2.37. The number of hydrogen-bond donors (Lipinski definition) is 0. The smallest absolute Gasteiger partial charge is 0.359 e. The molecule has 31 heavy (non-hydrogen) atoms. The Balaban J connectivity index is 1.54. The summed E-state index contributed by atoms with van der Waals surface area (Å²) in [7, 11) is 0. The summed E-state index contributed by atoms with van der Waals surface area (Å²) < 4.78 is 7.13. The average Bonchev–Trinajstić information content (AvgIpc) is 3.36. The van der Waals surface area contributed by atoms with Crippen molar-refractivity contribution in [2.45, 2.75) is 46.2 Å². The van der Waals surface area contributed by atoms with Crippen molar-refractivity contribution in [3.05, 3.63) is 68.9 Å². The Kier molecular flexibility index (Phi) is 6.46. The summed E-state index contributed by atoms with van der Waals surface area (Å²) in [6, 6.07) is 10.0. The van der Waals surface area contributed by atoms with E-state index in [9.17, 15) is 9.59 Å². The highest BCUT2D eigenvalue weighted by molar-refractivity contribution is 7.09. The second-order valence-electron chi connectivity index (χ2n) is 7.56. The first-order valence-electron chi connectivity index (χ1n) is 10.5. The highest BCUT2D eigenvalue weighted by atomic mass is 32.1. The van der Waals surface area contributed by atoms with Gasteiger partial charge < -0.3 is 9.64 Å². The predicted molar refractivity (Wildman–Crippen MR) is 118 cm³/mol. The van der Waals surface area contributed by atoms with Gasteiger partial charge in [-0.25, -0.2) is 9.78 Å². The summed E-state index contributed by atoms with van der Waals surface area (Å²) in [4.78, 5) is 32.7. The summed E-state index contributed by atoms with van der Waals surface area (Å²) in [5.41, 5.74) is 6.06. The molecule has 0 fully saturated rings. The fraction of sp³-hybridized carbons (Fsp3) is 0.391. The van der Waals surface area contributed by atoms with Crippen molar-refractivity contribution in [3.8, 4) is 0 Å². The fourth-order valence-electron chi connectivity index (χ4n) is 3.90. The molecular weight excluding hydrogens is 412 g/mol. The van der Waals surface area contributed by atoms with Gasteiger partial charge in [0, 0.05) is 42.1 Å². The summed E-state index contributed by atoms with van der Waals surface area (Å²) in [5, 5.41) is 4.60. The lowest BCUT2D eigenvalue weighted by Gasteiger charge is -2.28. The number of nitrogens with zero attached hydrogens (tertiary/aromatic N) is 4. The van der Waals surface area contributed by atoms with Crippen molar-refractivity contribution in [3.63, 3.8) is 0 Å². The van der Waals surface area contributed by atoms with Gasteiger partial charge in [-0.15, -0.1) is 11.3 Å². The molecule has 0 bridgehead atoms. The highest BCUT2D eigenvalue weighted by Gasteiger charge is 2.30. The van der Waals surface area contributed by atoms with Gasteiger partial charge in [0.05, 0.1) is 24.4 Å². The third-order valence-electron chi connectivity index (χ3n) is 5.54. The summed E-state index contributed by atoms with van der Waals surface area (Å²) in [6.45, 7) is 5.63. The van der Waals surface area contributed by atoms with Crippen molar-refractivity contribution in [2.24, 2.45) is 0 Å². The minimum Gasteiger partial charge on any atom is -0.461 e. The standard InChI is InChI=1S/C23H26N4O3S/c1-3-30-23(29)22-18-14-26(21(28)10-9-20-16(2)24-15-31-20)12-11-19(18)27(25-22)13-17-7-5-4-6-8-17/h4-8,15H,3,9-14H2,1-2H3. The van der Waals surface area contributed by atoms with Gasteiger partial charge >= 0.3 is 5.97 Å². The van der Waals surface area contributed by atoms with E-state index < -0.39 is 5.97 Å². The molecule has 0 N–H and O–H groups in total. The van der Waals surface area contributed by atoms with Crippen LogP contribution >= 0.6 is 11.3 Å². The van der Waals surface area contributed by atoms with Crippen molar-refractivity contribution in [2.75, 3.05) is 13.2 Å². The Labute approximate surface area is 185 Å². The van der Waals surface area contributed by atoms with Gasteiger partial charge in [0.15, 0.2) is 5.69 Å². The maximum absolute atomic E-state index is 12.9. The van der Waals surface area contributed by atoms with E-state index in [0.717, 1.165) is 27.4 Å². The fourth-order valence-corrected chi connectivity index (χ4v) is 4.68. The molecule has 4 rings (SSSR count). The Bertz CT molecular complexity index is 1070. The van der Waals surface area contributed by atoms with Gasteiger partial charge in [-0.05, 0) is 25.8 Å². The number of fused-ring (bicyclic) bond motifs is 1. The van der Waals surface area contributed by atoms with E-state index in [1.165, 1.54) is 0 Å². The molecule has 1 aromatic carbocycles. The zero-order valence-electron chi connectivity index (χ0n) is 17.8. The van der Waals surface area contributed by atoms with Crippen LogP contribution in [0.1, 0.15) is 51.2 Å². The van der Waals surface area contributed by atoms with Crippen LogP contribution in [0.5, 0.6) is 0 Å². The molecule has 0 unspecified atom stereocenters. The predicted octanol–water partition coefficient (Wildman–Crippen LogP) is 3.39. The molecule has 1 aliphatic rings. The maximum Gasteiger partial charge on any atom is 0.359 e. The third-order valence-corrected chi connectivity index (χ3v) is 6.54. The summed E-state index contributed by atoms with van der Waals surface area (Å²) in [5.74, 6) is -0.343. The SMILES string of the molecule is CCOC(=O)c1nn(Cc2ccccc2)c2c1CN(C(=O)CCc1scnc1C)CC2. The zero-order valence-corrected chi connectivity index (χ0v) is 18.7. The minimum atomic E-state index is -0.430. The minimum absolute atomic E-state index is 0.0871. The molecule has 0 saturated carbocycles. The number of hydrogen-bond acceptors (Lipinski definition) is 6. The van der Waals surface area contributed by atoms with Crippen LogP contribution in [0.15, 0.2) is 35.8 Å². The molecule has 1 aliphatic heterocycles. The van der Waals surface area contributed by atoms with Crippen LogP contribution < -0.4 is 0 Å². The molecule has 0 saturated heterocycles. The second kappa shape index (κ2) is 9.43. The lowest BCUT2D eigenvalue weighted by atomic mass is 10.0. The van der Waals surface area contributed by atoms with Crippen LogP contribution in [0.25, 0.3) is 0 Å². The molecule has 7 nitrogen and oxygen atoms in total. The van der Waals surface area contributed by atoms with Crippen LogP contribution in [0.2, 0.25) is 0 Å². The molecular formula is C23H26N4O3S. The number of thiazole rings is 1. The number of rotatable bonds is 7. The van der Waals surface area contributed by atoms with Crippen molar-refractivity contribution in [1.29, 1.82) is 0 Å². The van der Waals surface area contributed by atoms with E-state index in [1.807, 2.05) is 52.3 Å². The lowest BCUT2D eigenvalue weighted by molar-refractivity contribution is -0.132. The van der Waals surface area contributed by atoms with E-state index >= 15 is 0 Å². The Morgan fingerprint density at radius 1 is 1.23 bits per heavy atom. The van der Waals surface area contributed by atoms with Gasteiger partial charge in [0.2, 0.25) is 5.91 Å². The summed E-state index contributed by atoms with van der Waals surface area (Å²) in [6.07, 6.45) is 1.79. The number of benzene rings is 1. The number of esters is 1. The third kappa shape index (κ3) is 4.69. The van der Waals surface area contributed by atoms with Gasteiger partial charge in [-0.2, -0.15) is 5.10 Å². The number of amides is 1. The van der Waals surface area contributed by atoms with Crippen LogP contribution in [-0.2, 0) is 35.5 Å². The molecule has 0 aliphatic carbocycles. The largest absolute Gasteiger partial charge is 0.461 e. The van der Waals surface area contributed by atoms with Crippen molar-refractivity contribution >= 4 is 23.2 Å². The highest BCUT2D eigenvalue weighted by Crippen LogP contribution is 2.25. The number of carbonyl (C=O) groups is 2. The Morgan fingerprint density at radius 3 is 2.74 bits per heavy atom. The van der Waals surface area contributed by atoms with Crippen LogP contribution in [0.3, 0.4) is 0 Å². The molecule has 0 radical (unpaired) electrons. The van der Waals surface area contributed by atoms with E-state index in [-0.39, 0.29) is 12.5 Å². The first-order valence-corrected chi connectivity index (χ1v) is 11.4. The second-order valence-corrected chi connectivity index (χ2v) is 8.50. The molecule has 2 aromatic heterocycles. The van der Waals surface area contributed by atoms with Crippen molar-refractivity contribution in [1.82, 2.24) is 19.7 Å². The Morgan fingerprint density at radius 2 is 2.03 bits per heavy atom. The zero-order chi connectivity index (χ0) is 21.8. The van der Waals surface area contributed by atoms with E-state index in [4.69, 9.17) is 4.74 Å². The van der Waals surface area contributed by atoms with E-state index in [0.29, 0.717) is 44.6 Å². The van der Waals surface area contributed by atoms with Gasteiger partial charge in [0.1, 0.15) is 0 Å². The quantitative estimate of drug-likeness (QED) is 0.529. The van der Waals surface area contributed by atoms with Crippen LogP contribution in [-0.4, -0.2) is 44.7 Å². The van der Waals surface area contributed by atoms with Crippen LogP contribution in [0.4, 0.5) is 0 Å². The number of ether oxygens (including phenoxy) is 1. The van der Waals surface area contributed by atoms with Crippen molar-refractivity contribution < 1.29 is 14.3 Å². The van der Waals surface area contributed by atoms with Gasteiger partial charge in [-0.3, -0.25) is 9.48 Å².